The van der Waals surface area contributed by atoms with E-state index in [2.05, 4.69) is 6.92 Å². The first kappa shape index (κ1) is 36.1. The van der Waals surface area contributed by atoms with Gasteiger partial charge in [0.2, 0.25) is 0 Å². The molecule has 7 aliphatic rings. The van der Waals surface area contributed by atoms with Crippen molar-refractivity contribution < 1.29 is 69.3 Å². The maximum absolute atomic E-state index is 12.5. The maximum Gasteiger partial charge on any atom is 0.331 e. The van der Waals surface area contributed by atoms with Crippen molar-refractivity contribution in [2.24, 2.45) is 34.5 Å². The Balaban J connectivity index is 0.995. The molecule has 4 saturated carbocycles. The highest BCUT2D eigenvalue weighted by Crippen LogP contribution is 2.70. The molecule has 0 bridgehead atoms. The Morgan fingerprint density at radius 1 is 0.837 bits per heavy atom. The van der Waals surface area contributed by atoms with Crippen molar-refractivity contribution in [2.75, 3.05) is 19.8 Å². The van der Waals surface area contributed by atoms with Gasteiger partial charge >= 0.3 is 5.97 Å². The molecule has 0 spiro atoms. The third-order valence-electron chi connectivity index (χ3n) is 14.2. The molecule has 6 fully saturated rings. The van der Waals surface area contributed by atoms with Gasteiger partial charge in [-0.05, 0) is 99.4 Å². The van der Waals surface area contributed by atoms with Crippen molar-refractivity contribution in [3.05, 3.63) is 11.6 Å². The smallest absolute Gasteiger partial charge is 0.331 e. The van der Waals surface area contributed by atoms with Crippen LogP contribution in [-0.4, -0.2) is 140 Å². The monoisotopic (exact) mass is 698 g/mol. The Kier molecular flexibility index (Phi) is 9.80. The molecule has 3 aliphatic heterocycles. The van der Waals surface area contributed by atoms with E-state index in [0.717, 1.165) is 37.7 Å². The highest BCUT2D eigenvalue weighted by Gasteiger charge is 2.68. The number of hydrogen-bond donors (Lipinski definition) is 8. The number of cyclic esters (lactones) is 1. The number of rotatable bonds is 7. The molecular weight excluding hydrogens is 644 g/mol. The molecule has 0 unspecified atom stereocenters. The SMILES string of the molecule is C[C@H]1O[C@@H](O[C@H]2CC[C@@]3(CO)[C@H](CC[C@@H]4[C@H]3CC[C@]3(C)[C@@H](C5=CC(=O)OC5)CC[C@]43O)C2)[C@H](O)[C@H](O)[C@H]1O[C@@H]1O[C@H](CO)[C@@H](O)[C@H](O)[C@H]1O. The summed E-state index contributed by atoms with van der Waals surface area (Å²) < 4.78 is 28.7. The maximum atomic E-state index is 12.5. The number of ether oxygens (including phenoxy) is 5. The fourth-order valence-electron chi connectivity index (χ4n) is 11.4. The molecule has 278 valence electrons. The Labute approximate surface area is 285 Å². The number of carbonyl (C=O) groups excluding carboxylic acids is 1. The summed E-state index contributed by atoms with van der Waals surface area (Å²) in [6.45, 7) is 3.47. The molecule has 4 aliphatic carbocycles. The Bertz CT molecular complexity index is 1260. The normalized spacial score (nSPS) is 54.4. The van der Waals surface area contributed by atoms with E-state index in [1.54, 1.807) is 13.0 Å². The summed E-state index contributed by atoms with van der Waals surface area (Å²) in [5, 5.41) is 85.8. The largest absolute Gasteiger partial charge is 0.458 e. The topological polar surface area (TPSA) is 225 Å². The molecule has 2 saturated heterocycles. The van der Waals surface area contributed by atoms with Gasteiger partial charge in [0.1, 0.15) is 49.3 Å². The Morgan fingerprint density at radius 3 is 2.27 bits per heavy atom. The number of aliphatic hydroxyl groups excluding tert-OH is 7. The van der Waals surface area contributed by atoms with Crippen molar-refractivity contribution in [3.8, 4) is 0 Å². The van der Waals surface area contributed by atoms with Crippen molar-refractivity contribution in [1.29, 1.82) is 0 Å². The summed E-state index contributed by atoms with van der Waals surface area (Å²) >= 11 is 0. The number of aliphatic hydroxyl groups is 8. The number of esters is 1. The molecule has 49 heavy (non-hydrogen) atoms. The summed E-state index contributed by atoms with van der Waals surface area (Å²) in [5.41, 5.74) is -0.641. The zero-order valence-corrected chi connectivity index (χ0v) is 28.3. The van der Waals surface area contributed by atoms with E-state index < -0.39 is 73.6 Å². The summed E-state index contributed by atoms with van der Waals surface area (Å²) in [6, 6.07) is 0. The van der Waals surface area contributed by atoms with Gasteiger partial charge in [0.25, 0.3) is 0 Å². The van der Waals surface area contributed by atoms with Crippen LogP contribution in [0.3, 0.4) is 0 Å². The van der Waals surface area contributed by atoms with Crippen LogP contribution in [0.15, 0.2) is 11.6 Å². The van der Waals surface area contributed by atoms with Gasteiger partial charge in [-0.3, -0.25) is 0 Å². The molecule has 14 nitrogen and oxygen atoms in total. The summed E-state index contributed by atoms with van der Waals surface area (Å²) in [6.07, 6.45) is -5.76. The minimum atomic E-state index is -1.67. The van der Waals surface area contributed by atoms with Gasteiger partial charge in [0, 0.05) is 18.1 Å². The highest BCUT2D eigenvalue weighted by atomic mass is 16.7. The van der Waals surface area contributed by atoms with E-state index in [9.17, 15) is 45.6 Å². The molecule has 0 aromatic carbocycles. The van der Waals surface area contributed by atoms with Crippen LogP contribution in [0.2, 0.25) is 0 Å². The molecule has 0 aromatic heterocycles. The third kappa shape index (κ3) is 5.64. The summed E-state index contributed by atoms with van der Waals surface area (Å²) in [4.78, 5) is 11.9. The second kappa shape index (κ2) is 13.3. The van der Waals surface area contributed by atoms with E-state index in [4.69, 9.17) is 23.7 Å². The third-order valence-corrected chi connectivity index (χ3v) is 14.2. The van der Waals surface area contributed by atoms with Gasteiger partial charge < -0.3 is 64.5 Å². The zero-order chi connectivity index (χ0) is 35.0. The number of hydrogen-bond acceptors (Lipinski definition) is 14. The predicted molar refractivity (Wildman–Crippen MR) is 167 cm³/mol. The molecule has 8 N–H and O–H groups in total. The van der Waals surface area contributed by atoms with Gasteiger partial charge in [-0.15, -0.1) is 0 Å². The van der Waals surface area contributed by atoms with E-state index >= 15 is 0 Å². The van der Waals surface area contributed by atoms with E-state index in [1.165, 1.54) is 0 Å². The van der Waals surface area contributed by atoms with Crippen LogP contribution in [0.1, 0.15) is 71.6 Å². The van der Waals surface area contributed by atoms with Gasteiger partial charge in [-0.2, -0.15) is 0 Å². The minimum Gasteiger partial charge on any atom is -0.458 e. The van der Waals surface area contributed by atoms with E-state index in [-0.39, 0.29) is 53.2 Å². The Morgan fingerprint density at radius 2 is 1.57 bits per heavy atom. The second-order valence-corrected chi connectivity index (χ2v) is 16.2. The first-order valence-corrected chi connectivity index (χ1v) is 18.1. The molecule has 14 heteroatoms. The van der Waals surface area contributed by atoms with Crippen LogP contribution in [0.25, 0.3) is 0 Å². The summed E-state index contributed by atoms with van der Waals surface area (Å²) in [5.74, 6) is 0.104. The highest BCUT2D eigenvalue weighted by molar-refractivity contribution is 5.85. The van der Waals surface area contributed by atoms with Crippen LogP contribution >= 0.6 is 0 Å². The van der Waals surface area contributed by atoms with Crippen LogP contribution in [0.4, 0.5) is 0 Å². The summed E-state index contributed by atoms with van der Waals surface area (Å²) in [7, 11) is 0. The van der Waals surface area contributed by atoms with Gasteiger partial charge in [0.05, 0.1) is 24.4 Å². The van der Waals surface area contributed by atoms with Gasteiger partial charge in [0.15, 0.2) is 12.6 Å². The molecular formula is C35H54O14. The average molecular weight is 699 g/mol. The zero-order valence-electron chi connectivity index (χ0n) is 28.3. The van der Waals surface area contributed by atoms with Crippen LogP contribution in [0, 0.1) is 34.5 Å². The van der Waals surface area contributed by atoms with Crippen molar-refractivity contribution in [1.82, 2.24) is 0 Å². The van der Waals surface area contributed by atoms with E-state index in [1.807, 2.05) is 0 Å². The second-order valence-electron chi connectivity index (χ2n) is 16.2. The fourth-order valence-corrected chi connectivity index (χ4v) is 11.4. The molecule has 3 heterocycles. The average Bonchev–Trinajstić information content (AvgIpc) is 3.64. The quantitative estimate of drug-likeness (QED) is 0.121. The van der Waals surface area contributed by atoms with Gasteiger partial charge in [-0.1, -0.05) is 6.92 Å². The van der Waals surface area contributed by atoms with Crippen molar-refractivity contribution in [3.63, 3.8) is 0 Å². The molecule has 0 amide bonds. The number of fused-ring (bicyclic) bond motifs is 5. The lowest BCUT2D eigenvalue weighted by Gasteiger charge is -2.64. The van der Waals surface area contributed by atoms with Crippen LogP contribution < -0.4 is 0 Å². The molecule has 0 radical (unpaired) electrons. The predicted octanol–water partition coefficient (Wildman–Crippen LogP) is -0.747. The van der Waals surface area contributed by atoms with Crippen molar-refractivity contribution >= 4 is 5.97 Å². The molecule has 18 atom stereocenters. The lowest BCUT2D eigenvalue weighted by molar-refractivity contribution is -0.360. The number of carbonyl (C=O) groups is 1. The van der Waals surface area contributed by atoms with Crippen LogP contribution in [0.5, 0.6) is 0 Å². The first-order valence-electron chi connectivity index (χ1n) is 18.1. The van der Waals surface area contributed by atoms with Crippen molar-refractivity contribution in [2.45, 2.75) is 145 Å². The Hall–Kier alpha value is -1.27. The van der Waals surface area contributed by atoms with Crippen LogP contribution in [-0.2, 0) is 28.5 Å². The lowest BCUT2D eigenvalue weighted by Crippen LogP contribution is -2.64. The van der Waals surface area contributed by atoms with Gasteiger partial charge in [-0.25, -0.2) is 4.79 Å². The minimum absolute atomic E-state index is 0.0184. The molecule has 0 aromatic rings. The molecule has 7 rings (SSSR count). The standard InChI is InChI=1S/C35H54O14/c1-16-30(49-32-28(42)26(40)25(39)23(13-36)48-32)27(41)29(43)31(46-16)47-19-5-9-34(15-37)18(12-19)3-4-22-21(34)6-8-33(2)20(7-10-35(22,33)44)17-11-24(38)45-14-17/h11,16,18-23,25-32,36-37,39-44H,3-10,12-15H2,1-2H3/t16-,18-,19+,20-,21-,22-,23-,25-,26+,27+,28-,29-,30+,31+,32+,33-,34-,35+/m1/s1. The van der Waals surface area contributed by atoms with E-state index in [0.29, 0.717) is 32.3 Å². The fraction of sp³-hybridized carbons (Fsp3) is 0.914. The lowest BCUT2D eigenvalue weighted by atomic mass is 9.43. The first-order chi connectivity index (χ1) is 23.3.